The SMILES string of the molecule is COc1ccc(-c2cnc(C(N)Cc3ccccc3)o2)cc1. The summed E-state index contributed by atoms with van der Waals surface area (Å²) >= 11 is 0. The Balaban J connectivity index is 1.75. The van der Waals surface area contributed by atoms with Crippen LogP contribution in [-0.2, 0) is 6.42 Å². The lowest BCUT2D eigenvalue weighted by atomic mass is 10.1. The molecule has 0 aliphatic heterocycles. The zero-order valence-corrected chi connectivity index (χ0v) is 12.4. The van der Waals surface area contributed by atoms with E-state index < -0.39 is 0 Å². The van der Waals surface area contributed by atoms with Crippen molar-refractivity contribution in [1.29, 1.82) is 0 Å². The molecule has 1 aromatic heterocycles. The third kappa shape index (κ3) is 3.18. The lowest BCUT2D eigenvalue weighted by Gasteiger charge is -2.07. The van der Waals surface area contributed by atoms with Gasteiger partial charge in [-0.2, -0.15) is 0 Å². The fraction of sp³-hybridized carbons (Fsp3) is 0.167. The van der Waals surface area contributed by atoms with E-state index in [0.29, 0.717) is 18.1 Å². The van der Waals surface area contributed by atoms with Crippen LogP contribution in [0.25, 0.3) is 11.3 Å². The van der Waals surface area contributed by atoms with Gasteiger partial charge in [0.2, 0.25) is 5.89 Å². The third-order valence-electron chi connectivity index (χ3n) is 3.51. The van der Waals surface area contributed by atoms with Crippen molar-refractivity contribution in [2.75, 3.05) is 7.11 Å². The van der Waals surface area contributed by atoms with Crippen molar-refractivity contribution < 1.29 is 9.15 Å². The van der Waals surface area contributed by atoms with E-state index in [4.69, 9.17) is 14.9 Å². The Kier molecular flexibility index (Phi) is 4.21. The van der Waals surface area contributed by atoms with Gasteiger partial charge in [-0.15, -0.1) is 0 Å². The van der Waals surface area contributed by atoms with Crippen molar-refractivity contribution in [2.45, 2.75) is 12.5 Å². The van der Waals surface area contributed by atoms with Gasteiger partial charge in [-0.1, -0.05) is 30.3 Å². The molecule has 22 heavy (non-hydrogen) atoms. The smallest absolute Gasteiger partial charge is 0.212 e. The van der Waals surface area contributed by atoms with Crippen LogP contribution in [0.4, 0.5) is 0 Å². The Morgan fingerprint density at radius 2 is 1.82 bits per heavy atom. The zero-order valence-electron chi connectivity index (χ0n) is 12.4. The van der Waals surface area contributed by atoms with E-state index in [9.17, 15) is 0 Å². The topological polar surface area (TPSA) is 61.3 Å². The van der Waals surface area contributed by atoms with Gasteiger partial charge < -0.3 is 14.9 Å². The number of nitrogens with zero attached hydrogens (tertiary/aromatic N) is 1. The highest BCUT2D eigenvalue weighted by Gasteiger charge is 2.14. The van der Waals surface area contributed by atoms with E-state index in [0.717, 1.165) is 11.3 Å². The predicted molar refractivity (Wildman–Crippen MR) is 85.6 cm³/mol. The highest BCUT2D eigenvalue weighted by molar-refractivity contribution is 5.57. The minimum Gasteiger partial charge on any atom is -0.497 e. The Morgan fingerprint density at radius 1 is 1.09 bits per heavy atom. The summed E-state index contributed by atoms with van der Waals surface area (Å²) < 4.78 is 10.9. The zero-order chi connectivity index (χ0) is 15.4. The van der Waals surface area contributed by atoms with Crippen molar-refractivity contribution in [1.82, 2.24) is 4.98 Å². The van der Waals surface area contributed by atoms with Gasteiger partial charge in [0.25, 0.3) is 0 Å². The molecule has 0 spiro atoms. The number of hydrogen-bond donors (Lipinski definition) is 1. The van der Waals surface area contributed by atoms with Crippen LogP contribution in [0, 0.1) is 0 Å². The van der Waals surface area contributed by atoms with Crippen molar-refractivity contribution in [2.24, 2.45) is 5.73 Å². The number of methoxy groups -OCH3 is 1. The van der Waals surface area contributed by atoms with Crippen molar-refractivity contribution in [3.8, 4) is 17.1 Å². The highest BCUT2D eigenvalue weighted by atomic mass is 16.5. The molecule has 0 saturated carbocycles. The fourth-order valence-corrected chi connectivity index (χ4v) is 2.30. The molecule has 1 unspecified atom stereocenters. The summed E-state index contributed by atoms with van der Waals surface area (Å²) in [5.74, 6) is 2.07. The standard InChI is InChI=1S/C18H18N2O2/c1-21-15-9-7-14(8-10-15)17-12-20-18(22-17)16(19)11-13-5-3-2-4-6-13/h2-10,12,16H,11,19H2,1H3. The van der Waals surface area contributed by atoms with E-state index in [2.05, 4.69) is 4.98 Å². The molecule has 0 amide bonds. The summed E-state index contributed by atoms with van der Waals surface area (Å²) in [6.07, 6.45) is 2.41. The number of oxazole rings is 1. The van der Waals surface area contributed by atoms with Crippen molar-refractivity contribution >= 4 is 0 Å². The molecular weight excluding hydrogens is 276 g/mol. The third-order valence-corrected chi connectivity index (χ3v) is 3.51. The summed E-state index contributed by atoms with van der Waals surface area (Å²) in [5.41, 5.74) is 8.30. The number of hydrogen-bond acceptors (Lipinski definition) is 4. The summed E-state index contributed by atoms with van der Waals surface area (Å²) in [6.45, 7) is 0. The van der Waals surface area contributed by atoms with Crippen LogP contribution < -0.4 is 10.5 Å². The maximum absolute atomic E-state index is 6.19. The number of nitrogens with two attached hydrogens (primary N) is 1. The second-order valence-corrected chi connectivity index (χ2v) is 5.09. The molecule has 0 fully saturated rings. The molecule has 0 aliphatic carbocycles. The first-order valence-electron chi connectivity index (χ1n) is 7.16. The average molecular weight is 294 g/mol. The first-order chi connectivity index (χ1) is 10.8. The molecule has 4 nitrogen and oxygen atoms in total. The summed E-state index contributed by atoms with van der Waals surface area (Å²) in [7, 11) is 1.64. The Labute approximate surface area is 129 Å². The van der Waals surface area contributed by atoms with Gasteiger partial charge in [0.1, 0.15) is 5.75 Å². The Bertz CT molecular complexity index is 720. The van der Waals surface area contributed by atoms with Gasteiger partial charge in [-0.25, -0.2) is 4.98 Å². The molecule has 4 heteroatoms. The first-order valence-corrected chi connectivity index (χ1v) is 7.16. The van der Waals surface area contributed by atoms with Gasteiger partial charge >= 0.3 is 0 Å². The second kappa shape index (κ2) is 6.45. The van der Waals surface area contributed by atoms with Gasteiger partial charge in [-0.3, -0.25) is 0 Å². The van der Waals surface area contributed by atoms with Crippen molar-refractivity contribution in [3.05, 3.63) is 72.2 Å². The molecule has 2 aromatic carbocycles. The monoisotopic (exact) mass is 294 g/mol. The van der Waals surface area contributed by atoms with Crippen LogP contribution in [0.1, 0.15) is 17.5 Å². The minimum absolute atomic E-state index is 0.255. The summed E-state index contributed by atoms with van der Waals surface area (Å²) in [6, 6.07) is 17.5. The molecule has 3 aromatic rings. The maximum atomic E-state index is 6.19. The number of ether oxygens (including phenoxy) is 1. The van der Waals surface area contributed by atoms with Gasteiger partial charge in [-0.05, 0) is 36.2 Å². The summed E-state index contributed by atoms with van der Waals surface area (Å²) in [4.78, 5) is 4.31. The molecule has 0 saturated heterocycles. The van der Waals surface area contributed by atoms with E-state index in [1.807, 2.05) is 54.6 Å². The molecular formula is C18H18N2O2. The number of rotatable bonds is 5. The predicted octanol–water partition coefficient (Wildman–Crippen LogP) is 3.59. The fourth-order valence-electron chi connectivity index (χ4n) is 2.30. The van der Waals surface area contributed by atoms with Crippen LogP contribution in [0.15, 0.2) is 65.2 Å². The van der Waals surface area contributed by atoms with Crippen LogP contribution >= 0.6 is 0 Å². The van der Waals surface area contributed by atoms with Crippen LogP contribution in [-0.4, -0.2) is 12.1 Å². The quantitative estimate of drug-likeness (QED) is 0.781. The second-order valence-electron chi connectivity index (χ2n) is 5.09. The van der Waals surface area contributed by atoms with Gasteiger partial charge in [0.05, 0.1) is 19.3 Å². The molecule has 3 rings (SSSR count). The average Bonchev–Trinajstić information content (AvgIpc) is 3.06. The van der Waals surface area contributed by atoms with E-state index >= 15 is 0 Å². The lowest BCUT2D eigenvalue weighted by molar-refractivity contribution is 0.414. The van der Waals surface area contributed by atoms with Gasteiger partial charge in [0.15, 0.2) is 5.76 Å². The Hall–Kier alpha value is -2.59. The molecule has 0 radical (unpaired) electrons. The summed E-state index contributed by atoms with van der Waals surface area (Å²) in [5, 5.41) is 0. The van der Waals surface area contributed by atoms with Gasteiger partial charge in [0, 0.05) is 5.56 Å². The first kappa shape index (κ1) is 14.4. The Morgan fingerprint density at radius 3 is 2.50 bits per heavy atom. The van der Waals surface area contributed by atoms with E-state index in [-0.39, 0.29) is 6.04 Å². The molecule has 1 atom stereocenters. The molecule has 2 N–H and O–H groups in total. The molecule has 112 valence electrons. The van der Waals surface area contributed by atoms with Crippen molar-refractivity contribution in [3.63, 3.8) is 0 Å². The largest absolute Gasteiger partial charge is 0.497 e. The maximum Gasteiger partial charge on any atom is 0.212 e. The minimum atomic E-state index is -0.255. The number of benzene rings is 2. The molecule has 1 heterocycles. The lowest BCUT2D eigenvalue weighted by Crippen LogP contribution is -2.13. The molecule has 0 bridgehead atoms. The molecule has 0 aliphatic rings. The van der Waals surface area contributed by atoms with Crippen LogP contribution in [0.3, 0.4) is 0 Å². The number of aromatic nitrogens is 1. The van der Waals surface area contributed by atoms with E-state index in [1.54, 1.807) is 13.3 Å². The van der Waals surface area contributed by atoms with Crippen LogP contribution in [0.2, 0.25) is 0 Å². The highest BCUT2D eigenvalue weighted by Crippen LogP contribution is 2.25. The van der Waals surface area contributed by atoms with E-state index in [1.165, 1.54) is 5.56 Å². The van der Waals surface area contributed by atoms with Crippen LogP contribution in [0.5, 0.6) is 5.75 Å². The normalized spacial score (nSPS) is 12.1.